The zero-order valence-electron chi connectivity index (χ0n) is 9.81. The van der Waals surface area contributed by atoms with Crippen LogP contribution in [-0.4, -0.2) is 25.8 Å². The fourth-order valence-corrected chi connectivity index (χ4v) is 1.70. The van der Waals surface area contributed by atoms with E-state index in [9.17, 15) is 4.79 Å². The number of hydrogen-bond acceptors (Lipinski definition) is 4. The van der Waals surface area contributed by atoms with Crippen LogP contribution in [0.2, 0.25) is 5.15 Å². The van der Waals surface area contributed by atoms with Gasteiger partial charge in [-0.15, -0.1) is 0 Å². The Bertz CT molecular complexity index is 609. The topological polar surface area (TPSA) is 80.0 Å². The van der Waals surface area contributed by atoms with Crippen molar-refractivity contribution >= 4 is 29.1 Å². The summed E-state index contributed by atoms with van der Waals surface area (Å²) >= 11 is 5.77. The number of nitrogens with zero attached hydrogens (tertiary/aromatic N) is 3. The van der Waals surface area contributed by atoms with Crippen LogP contribution in [0.25, 0.3) is 0 Å². The van der Waals surface area contributed by atoms with Crippen LogP contribution in [0.3, 0.4) is 0 Å². The summed E-state index contributed by atoms with van der Waals surface area (Å²) in [7, 11) is 1.78. The van der Waals surface area contributed by atoms with E-state index < -0.39 is 5.97 Å². The summed E-state index contributed by atoms with van der Waals surface area (Å²) in [4.78, 5) is 15.0. The van der Waals surface area contributed by atoms with E-state index >= 15 is 0 Å². The molecule has 0 radical (unpaired) electrons. The number of aromatic nitrogens is 3. The maximum absolute atomic E-state index is 11.1. The van der Waals surface area contributed by atoms with Crippen molar-refractivity contribution in [1.29, 1.82) is 0 Å². The van der Waals surface area contributed by atoms with Gasteiger partial charge in [-0.1, -0.05) is 11.6 Å². The summed E-state index contributed by atoms with van der Waals surface area (Å²) in [5.41, 5.74) is 1.49. The van der Waals surface area contributed by atoms with Crippen LogP contribution in [0, 0.1) is 6.92 Å². The van der Waals surface area contributed by atoms with E-state index in [2.05, 4.69) is 15.4 Å². The number of halogens is 1. The summed E-state index contributed by atoms with van der Waals surface area (Å²) < 4.78 is 1.63. The second kappa shape index (κ2) is 4.66. The van der Waals surface area contributed by atoms with E-state index in [4.69, 9.17) is 16.7 Å². The van der Waals surface area contributed by atoms with Crippen LogP contribution in [0.4, 0.5) is 11.5 Å². The minimum Gasteiger partial charge on any atom is -0.478 e. The standard InChI is InChI=1S/C11H11ClN4O2/c1-6-8(5-16(2)15-6)13-10-7(11(17)18)3-4-9(12)14-10/h3-5H,1-2H3,(H,13,14)(H,17,18). The van der Waals surface area contributed by atoms with Crippen LogP contribution in [0.5, 0.6) is 0 Å². The van der Waals surface area contributed by atoms with Crippen LogP contribution in [0.15, 0.2) is 18.3 Å². The maximum atomic E-state index is 11.1. The molecule has 0 aliphatic rings. The number of aryl methyl sites for hydroxylation is 2. The molecule has 2 aromatic heterocycles. The predicted octanol–water partition coefficient (Wildman–Crippen LogP) is 2.22. The molecule has 2 rings (SSSR count). The third-order valence-electron chi connectivity index (χ3n) is 2.36. The maximum Gasteiger partial charge on any atom is 0.339 e. The fraction of sp³-hybridized carbons (Fsp3) is 0.182. The molecule has 0 saturated heterocycles. The normalized spacial score (nSPS) is 10.4. The first-order valence-electron chi connectivity index (χ1n) is 5.14. The third kappa shape index (κ3) is 2.43. The molecule has 7 heteroatoms. The van der Waals surface area contributed by atoms with Crippen molar-refractivity contribution in [2.45, 2.75) is 6.92 Å². The molecule has 0 aliphatic carbocycles. The molecule has 18 heavy (non-hydrogen) atoms. The molecule has 0 atom stereocenters. The van der Waals surface area contributed by atoms with Gasteiger partial charge < -0.3 is 10.4 Å². The highest BCUT2D eigenvalue weighted by molar-refractivity contribution is 6.29. The molecule has 2 aromatic rings. The average molecular weight is 267 g/mol. The van der Waals surface area contributed by atoms with Crippen LogP contribution in [-0.2, 0) is 7.05 Å². The molecular weight excluding hydrogens is 256 g/mol. The Morgan fingerprint density at radius 3 is 2.78 bits per heavy atom. The van der Waals surface area contributed by atoms with Crippen molar-refractivity contribution in [3.05, 3.63) is 34.7 Å². The Morgan fingerprint density at radius 2 is 2.22 bits per heavy atom. The second-order valence-corrected chi connectivity index (χ2v) is 4.15. The number of carboxylic acids is 1. The van der Waals surface area contributed by atoms with Crippen molar-refractivity contribution in [3.63, 3.8) is 0 Å². The van der Waals surface area contributed by atoms with Gasteiger partial charge in [0.15, 0.2) is 0 Å². The van der Waals surface area contributed by atoms with Gasteiger partial charge in [-0.25, -0.2) is 9.78 Å². The van der Waals surface area contributed by atoms with Gasteiger partial charge in [0.05, 0.1) is 11.4 Å². The summed E-state index contributed by atoms with van der Waals surface area (Å²) in [5.74, 6) is -0.866. The van der Waals surface area contributed by atoms with E-state index in [0.717, 1.165) is 5.69 Å². The van der Waals surface area contributed by atoms with Gasteiger partial charge in [-0.05, 0) is 19.1 Å². The first kappa shape index (κ1) is 12.4. The minimum absolute atomic E-state index is 0.0580. The Hall–Kier alpha value is -2.08. The molecule has 0 spiro atoms. The Kier molecular flexibility index (Phi) is 3.20. The summed E-state index contributed by atoms with van der Waals surface area (Å²) in [6.07, 6.45) is 1.74. The Balaban J connectivity index is 2.42. The molecule has 2 heterocycles. The third-order valence-corrected chi connectivity index (χ3v) is 2.57. The predicted molar refractivity (Wildman–Crippen MR) is 67.4 cm³/mol. The van der Waals surface area contributed by atoms with Crippen molar-refractivity contribution in [1.82, 2.24) is 14.8 Å². The monoisotopic (exact) mass is 266 g/mol. The molecule has 94 valence electrons. The number of hydrogen-bond donors (Lipinski definition) is 2. The van der Waals surface area contributed by atoms with Gasteiger partial charge >= 0.3 is 5.97 Å². The number of nitrogens with one attached hydrogen (secondary N) is 1. The SMILES string of the molecule is Cc1nn(C)cc1Nc1nc(Cl)ccc1C(=O)O. The smallest absolute Gasteiger partial charge is 0.339 e. The van der Waals surface area contributed by atoms with E-state index in [1.807, 2.05) is 6.92 Å². The van der Waals surface area contributed by atoms with E-state index in [1.165, 1.54) is 12.1 Å². The molecule has 0 saturated carbocycles. The number of anilines is 2. The van der Waals surface area contributed by atoms with Crippen LogP contribution < -0.4 is 5.32 Å². The number of carboxylic acid groups (broad SMARTS) is 1. The lowest BCUT2D eigenvalue weighted by Gasteiger charge is -2.07. The average Bonchev–Trinajstić information content (AvgIpc) is 2.57. The lowest BCUT2D eigenvalue weighted by atomic mass is 10.2. The second-order valence-electron chi connectivity index (χ2n) is 3.76. The molecule has 0 bridgehead atoms. The Labute approximate surface area is 108 Å². The highest BCUT2D eigenvalue weighted by atomic mass is 35.5. The molecule has 0 fully saturated rings. The van der Waals surface area contributed by atoms with Crippen molar-refractivity contribution < 1.29 is 9.90 Å². The van der Waals surface area contributed by atoms with Crippen molar-refractivity contribution in [2.24, 2.45) is 7.05 Å². The number of pyridine rings is 1. The van der Waals surface area contributed by atoms with Crippen molar-refractivity contribution in [2.75, 3.05) is 5.32 Å². The minimum atomic E-state index is -1.07. The first-order chi connectivity index (χ1) is 8.47. The highest BCUT2D eigenvalue weighted by Crippen LogP contribution is 2.22. The lowest BCUT2D eigenvalue weighted by molar-refractivity contribution is 0.0697. The largest absolute Gasteiger partial charge is 0.478 e. The molecule has 0 aliphatic heterocycles. The van der Waals surface area contributed by atoms with Crippen molar-refractivity contribution in [3.8, 4) is 0 Å². The lowest BCUT2D eigenvalue weighted by Crippen LogP contribution is -2.05. The van der Waals surface area contributed by atoms with Crippen LogP contribution >= 0.6 is 11.6 Å². The van der Waals surface area contributed by atoms with Gasteiger partial charge in [0, 0.05) is 13.2 Å². The molecule has 0 unspecified atom stereocenters. The van der Waals surface area contributed by atoms with Crippen LogP contribution in [0.1, 0.15) is 16.1 Å². The molecule has 0 amide bonds. The molecular formula is C11H11ClN4O2. The Morgan fingerprint density at radius 1 is 1.50 bits per heavy atom. The zero-order valence-corrected chi connectivity index (χ0v) is 10.6. The number of rotatable bonds is 3. The van der Waals surface area contributed by atoms with Gasteiger partial charge in [0.25, 0.3) is 0 Å². The molecule has 0 aromatic carbocycles. The van der Waals surface area contributed by atoms with Gasteiger partial charge in [-0.3, -0.25) is 4.68 Å². The van der Waals surface area contributed by atoms with E-state index in [1.54, 1.807) is 17.9 Å². The van der Waals surface area contributed by atoms with Gasteiger partial charge in [0.2, 0.25) is 0 Å². The highest BCUT2D eigenvalue weighted by Gasteiger charge is 2.14. The van der Waals surface area contributed by atoms with E-state index in [0.29, 0.717) is 5.69 Å². The number of aromatic carboxylic acids is 1. The molecule has 2 N–H and O–H groups in total. The fourth-order valence-electron chi connectivity index (χ4n) is 1.55. The van der Waals surface area contributed by atoms with Gasteiger partial charge in [-0.2, -0.15) is 5.10 Å². The van der Waals surface area contributed by atoms with E-state index in [-0.39, 0.29) is 16.5 Å². The quantitative estimate of drug-likeness (QED) is 0.833. The summed E-state index contributed by atoms with van der Waals surface area (Å²) in [6.45, 7) is 1.81. The van der Waals surface area contributed by atoms with Gasteiger partial charge in [0.1, 0.15) is 16.5 Å². The zero-order chi connectivity index (χ0) is 13.3. The first-order valence-corrected chi connectivity index (χ1v) is 5.52. The summed E-state index contributed by atoms with van der Waals surface area (Å²) in [6, 6.07) is 2.85. The number of carbonyl (C=O) groups is 1. The summed E-state index contributed by atoms with van der Waals surface area (Å²) in [5, 5.41) is 16.4. The molecule has 6 nitrogen and oxygen atoms in total.